The zero-order valence-electron chi connectivity index (χ0n) is 13.0. The first-order valence-electron chi connectivity index (χ1n) is 8.24. The number of nitrogens with one attached hydrogen (secondary N) is 1. The van der Waals surface area contributed by atoms with Crippen LogP contribution in [-0.4, -0.2) is 30.6 Å². The lowest BCUT2D eigenvalue weighted by Crippen LogP contribution is -2.38. The summed E-state index contributed by atoms with van der Waals surface area (Å²) in [6.07, 6.45) is 5.44. The molecule has 1 aromatic heterocycles. The van der Waals surface area contributed by atoms with E-state index in [2.05, 4.69) is 46.8 Å². The number of benzene rings is 1. The minimum Gasteiger partial charge on any atom is -0.313 e. The van der Waals surface area contributed by atoms with Crippen molar-refractivity contribution in [2.75, 3.05) is 19.6 Å². The molecule has 1 unspecified atom stereocenters. The predicted molar refractivity (Wildman–Crippen MR) is 93.0 cm³/mol. The van der Waals surface area contributed by atoms with Crippen molar-refractivity contribution in [1.82, 2.24) is 10.2 Å². The standard InChI is InChI=1S/C18H26N2S/c1-15-7-4-5-11-20(15)12-6-10-19-13-16-14-21-18-9-3-2-8-17(16)18/h2-3,8-9,14-15,19H,4-7,10-13H2,1H3. The van der Waals surface area contributed by atoms with Crippen molar-refractivity contribution < 1.29 is 0 Å². The van der Waals surface area contributed by atoms with E-state index in [0.717, 1.165) is 19.1 Å². The zero-order chi connectivity index (χ0) is 14.5. The van der Waals surface area contributed by atoms with Crippen LogP contribution >= 0.6 is 11.3 Å². The molecule has 0 spiro atoms. The van der Waals surface area contributed by atoms with Crippen molar-refractivity contribution in [3.63, 3.8) is 0 Å². The van der Waals surface area contributed by atoms with Crippen LogP contribution in [0.15, 0.2) is 29.6 Å². The van der Waals surface area contributed by atoms with Crippen LogP contribution in [-0.2, 0) is 6.54 Å². The van der Waals surface area contributed by atoms with E-state index < -0.39 is 0 Å². The maximum Gasteiger partial charge on any atom is 0.0346 e. The first-order valence-corrected chi connectivity index (χ1v) is 9.12. The van der Waals surface area contributed by atoms with Gasteiger partial charge < -0.3 is 10.2 Å². The van der Waals surface area contributed by atoms with E-state index in [1.807, 2.05) is 11.3 Å². The van der Waals surface area contributed by atoms with Gasteiger partial charge in [-0.3, -0.25) is 0 Å². The van der Waals surface area contributed by atoms with Gasteiger partial charge in [0.2, 0.25) is 0 Å². The van der Waals surface area contributed by atoms with E-state index in [1.165, 1.54) is 54.4 Å². The average molecular weight is 302 g/mol. The SMILES string of the molecule is CC1CCCCN1CCCNCc1csc2ccccc12. The Morgan fingerprint density at radius 1 is 1.29 bits per heavy atom. The molecule has 2 nitrogen and oxygen atoms in total. The Labute approximate surface area is 132 Å². The summed E-state index contributed by atoms with van der Waals surface area (Å²) in [5, 5.41) is 7.33. The van der Waals surface area contributed by atoms with Crippen molar-refractivity contribution in [3.05, 3.63) is 35.2 Å². The fourth-order valence-electron chi connectivity index (χ4n) is 3.29. The number of fused-ring (bicyclic) bond motifs is 1. The molecule has 114 valence electrons. The molecule has 3 heteroatoms. The molecule has 1 aliphatic rings. The van der Waals surface area contributed by atoms with E-state index in [9.17, 15) is 0 Å². The summed E-state index contributed by atoms with van der Waals surface area (Å²) >= 11 is 1.85. The summed E-state index contributed by atoms with van der Waals surface area (Å²) in [4.78, 5) is 2.66. The van der Waals surface area contributed by atoms with Crippen LogP contribution in [0.4, 0.5) is 0 Å². The lowest BCUT2D eigenvalue weighted by molar-refractivity contribution is 0.159. The number of thiophene rings is 1. The van der Waals surface area contributed by atoms with Crippen LogP contribution in [0.5, 0.6) is 0 Å². The van der Waals surface area contributed by atoms with Crippen molar-refractivity contribution in [2.24, 2.45) is 0 Å². The van der Waals surface area contributed by atoms with Gasteiger partial charge in [0.1, 0.15) is 0 Å². The minimum absolute atomic E-state index is 0.791. The number of rotatable bonds is 6. The van der Waals surface area contributed by atoms with Gasteiger partial charge >= 0.3 is 0 Å². The van der Waals surface area contributed by atoms with Crippen LogP contribution in [0.25, 0.3) is 10.1 Å². The van der Waals surface area contributed by atoms with Crippen LogP contribution in [0.2, 0.25) is 0 Å². The second-order valence-electron chi connectivity index (χ2n) is 6.17. The van der Waals surface area contributed by atoms with Gasteiger partial charge in [-0.05, 0) is 68.2 Å². The van der Waals surface area contributed by atoms with Crippen molar-refractivity contribution in [2.45, 2.75) is 45.2 Å². The van der Waals surface area contributed by atoms with Crippen molar-refractivity contribution in [1.29, 1.82) is 0 Å². The summed E-state index contributed by atoms with van der Waals surface area (Å²) in [6.45, 7) is 7.05. The van der Waals surface area contributed by atoms with E-state index in [1.54, 1.807) is 0 Å². The molecule has 1 aromatic carbocycles. The quantitative estimate of drug-likeness (QED) is 0.802. The molecule has 21 heavy (non-hydrogen) atoms. The number of likely N-dealkylation sites (tertiary alicyclic amines) is 1. The van der Waals surface area contributed by atoms with Gasteiger partial charge in [0.05, 0.1) is 0 Å². The van der Waals surface area contributed by atoms with Gasteiger partial charge in [-0.1, -0.05) is 24.6 Å². The Morgan fingerprint density at radius 3 is 3.10 bits per heavy atom. The van der Waals surface area contributed by atoms with Crippen LogP contribution in [0, 0.1) is 0 Å². The monoisotopic (exact) mass is 302 g/mol. The fraction of sp³-hybridized carbons (Fsp3) is 0.556. The molecule has 0 saturated carbocycles. The van der Waals surface area contributed by atoms with E-state index in [4.69, 9.17) is 0 Å². The molecule has 1 fully saturated rings. The Bertz CT molecular complexity index is 563. The predicted octanol–water partition coefficient (Wildman–Crippen LogP) is 4.26. The highest BCUT2D eigenvalue weighted by molar-refractivity contribution is 7.17. The molecule has 1 aliphatic heterocycles. The molecule has 0 amide bonds. The van der Waals surface area contributed by atoms with Crippen LogP contribution in [0.3, 0.4) is 0 Å². The maximum absolute atomic E-state index is 3.61. The lowest BCUT2D eigenvalue weighted by atomic mass is 10.0. The number of nitrogens with zero attached hydrogens (tertiary/aromatic N) is 1. The van der Waals surface area contributed by atoms with Crippen LogP contribution < -0.4 is 5.32 Å². The van der Waals surface area contributed by atoms with Crippen molar-refractivity contribution >= 4 is 21.4 Å². The molecular formula is C18H26N2S. The zero-order valence-corrected chi connectivity index (χ0v) is 13.8. The average Bonchev–Trinajstić information content (AvgIpc) is 2.92. The van der Waals surface area contributed by atoms with E-state index in [-0.39, 0.29) is 0 Å². The Hall–Kier alpha value is -0.900. The largest absolute Gasteiger partial charge is 0.313 e. The molecular weight excluding hydrogens is 276 g/mol. The summed E-state index contributed by atoms with van der Waals surface area (Å²) in [5.41, 5.74) is 1.45. The molecule has 0 bridgehead atoms. The molecule has 3 rings (SSSR count). The summed E-state index contributed by atoms with van der Waals surface area (Å²) in [7, 11) is 0. The van der Waals surface area contributed by atoms with Gasteiger partial charge in [-0.2, -0.15) is 0 Å². The van der Waals surface area contributed by atoms with Crippen molar-refractivity contribution in [3.8, 4) is 0 Å². The Morgan fingerprint density at radius 2 is 2.19 bits per heavy atom. The molecule has 1 N–H and O–H groups in total. The minimum atomic E-state index is 0.791. The summed E-state index contributed by atoms with van der Waals surface area (Å²) in [6, 6.07) is 9.49. The normalized spacial score (nSPS) is 20.1. The number of piperidine rings is 1. The Balaban J connectivity index is 1.40. The molecule has 1 atom stereocenters. The lowest BCUT2D eigenvalue weighted by Gasteiger charge is -2.33. The maximum atomic E-state index is 3.61. The summed E-state index contributed by atoms with van der Waals surface area (Å²) < 4.78 is 1.40. The van der Waals surface area contributed by atoms with E-state index >= 15 is 0 Å². The highest BCUT2D eigenvalue weighted by atomic mass is 32.1. The third-order valence-electron chi connectivity index (χ3n) is 4.62. The van der Waals surface area contributed by atoms with Gasteiger partial charge in [0.15, 0.2) is 0 Å². The first-order chi connectivity index (χ1) is 10.3. The highest BCUT2D eigenvalue weighted by Crippen LogP contribution is 2.25. The number of hydrogen-bond donors (Lipinski definition) is 1. The molecule has 2 heterocycles. The highest BCUT2D eigenvalue weighted by Gasteiger charge is 2.16. The van der Waals surface area contributed by atoms with Gasteiger partial charge in [-0.15, -0.1) is 11.3 Å². The molecule has 2 aromatic rings. The topological polar surface area (TPSA) is 15.3 Å². The van der Waals surface area contributed by atoms with Gasteiger partial charge in [0.25, 0.3) is 0 Å². The van der Waals surface area contributed by atoms with E-state index in [0.29, 0.717) is 0 Å². The molecule has 0 aliphatic carbocycles. The third kappa shape index (κ3) is 3.85. The molecule has 1 saturated heterocycles. The Kier molecular flexibility index (Phi) is 5.28. The summed E-state index contributed by atoms with van der Waals surface area (Å²) in [5.74, 6) is 0. The smallest absolute Gasteiger partial charge is 0.0346 e. The molecule has 0 radical (unpaired) electrons. The van der Waals surface area contributed by atoms with Gasteiger partial charge in [-0.25, -0.2) is 0 Å². The number of hydrogen-bond acceptors (Lipinski definition) is 3. The fourth-order valence-corrected chi connectivity index (χ4v) is 4.25. The second-order valence-corrected chi connectivity index (χ2v) is 7.08. The third-order valence-corrected chi connectivity index (χ3v) is 5.63. The van der Waals surface area contributed by atoms with Gasteiger partial charge in [0, 0.05) is 17.3 Å². The first kappa shape index (κ1) is 15.0. The second kappa shape index (κ2) is 7.39. The van der Waals surface area contributed by atoms with Crippen LogP contribution in [0.1, 0.15) is 38.2 Å².